The number of hydrogen-bond acceptors (Lipinski definition) is 2. The minimum atomic E-state index is 0.475. The van der Waals surface area contributed by atoms with Gasteiger partial charge in [0.2, 0.25) is 0 Å². The summed E-state index contributed by atoms with van der Waals surface area (Å²) in [6.07, 6.45) is 1.20. The lowest BCUT2D eigenvalue weighted by Gasteiger charge is -2.29. The molecule has 1 saturated heterocycles. The Hall–Kier alpha value is -0.540. The van der Waals surface area contributed by atoms with Crippen molar-refractivity contribution in [3.05, 3.63) is 28.2 Å². The molecule has 2 rings (SSSR count). The van der Waals surface area contributed by atoms with Crippen molar-refractivity contribution in [3.63, 3.8) is 0 Å². The number of rotatable bonds is 1. The van der Waals surface area contributed by atoms with Crippen molar-refractivity contribution >= 4 is 21.6 Å². The summed E-state index contributed by atoms with van der Waals surface area (Å²) in [5.74, 6) is 0. The van der Waals surface area contributed by atoms with Crippen molar-refractivity contribution in [3.8, 4) is 0 Å². The molecule has 0 aromatic heterocycles. The van der Waals surface area contributed by atoms with E-state index in [0.29, 0.717) is 6.04 Å². The fourth-order valence-corrected chi connectivity index (χ4v) is 1.78. The predicted octanol–water partition coefficient (Wildman–Crippen LogP) is 2.07. The van der Waals surface area contributed by atoms with Crippen molar-refractivity contribution < 1.29 is 0 Å². The lowest BCUT2D eigenvalue weighted by Crippen LogP contribution is -2.35. The first-order valence-electron chi connectivity index (χ1n) is 4.05. The summed E-state index contributed by atoms with van der Waals surface area (Å²) in [4.78, 5) is 0. The maximum absolute atomic E-state index is 5.84. The van der Waals surface area contributed by atoms with Crippen LogP contribution in [0.15, 0.2) is 22.7 Å². The molecular formula is C9H11BrN2. The van der Waals surface area contributed by atoms with E-state index in [1.54, 1.807) is 0 Å². The first-order valence-corrected chi connectivity index (χ1v) is 4.85. The van der Waals surface area contributed by atoms with Gasteiger partial charge in [-0.2, -0.15) is 0 Å². The second kappa shape index (κ2) is 3.07. The third kappa shape index (κ3) is 1.34. The van der Waals surface area contributed by atoms with Crippen LogP contribution >= 0.6 is 15.9 Å². The molecular weight excluding hydrogens is 216 g/mol. The Bertz CT molecular complexity index is 295. The molecule has 2 nitrogen and oxygen atoms in total. The highest BCUT2D eigenvalue weighted by molar-refractivity contribution is 9.10. The molecule has 0 bridgehead atoms. The standard InChI is InChI=1S/C9H11BrN2/c10-6-1-2-8(11)7(5-6)9-3-4-12-9/h1-2,5,9,12H,3-4,11H2/t9-/m0/s1. The molecule has 0 radical (unpaired) electrons. The Morgan fingerprint density at radius 2 is 2.25 bits per heavy atom. The van der Waals surface area contributed by atoms with Crippen molar-refractivity contribution in [2.75, 3.05) is 12.3 Å². The Kier molecular flexibility index (Phi) is 2.07. The van der Waals surface area contributed by atoms with Gasteiger partial charge in [-0.1, -0.05) is 15.9 Å². The molecule has 1 heterocycles. The highest BCUT2D eigenvalue weighted by atomic mass is 79.9. The van der Waals surface area contributed by atoms with E-state index in [9.17, 15) is 0 Å². The smallest absolute Gasteiger partial charge is 0.0363 e. The zero-order valence-electron chi connectivity index (χ0n) is 6.68. The van der Waals surface area contributed by atoms with Crippen LogP contribution in [0.2, 0.25) is 0 Å². The minimum absolute atomic E-state index is 0.475. The SMILES string of the molecule is Nc1ccc(Br)cc1[C@@H]1CCN1. The van der Waals surface area contributed by atoms with Gasteiger partial charge in [0.1, 0.15) is 0 Å². The van der Waals surface area contributed by atoms with Crippen LogP contribution in [-0.4, -0.2) is 6.54 Å². The van der Waals surface area contributed by atoms with E-state index < -0.39 is 0 Å². The van der Waals surface area contributed by atoms with Gasteiger partial charge in [-0.05, 0) is 36.7 Å². The van der Waals surface area contributed by atoms with Gasteiger partial charge in [-0.25, -0.2) is 0 Å². The molecule has 0 spiro atoms. The fourth-order valence-electron chi connectivity index (χ4n) is 1.40. The van der Waals surface area contributed by atoms with Gasteiger partial charge in [0.15, 0.2) is 0 Å². The number of benzene rings is 1. The molecule has 3 N–H and O–H groups in total. The number of nitrogens with two attached hydrogens (primary N) is 1. The molecule has 0 saturated carbocycles. The van der Waals surface area contributed by atoms with Crippen molar-refractivity contribution in [1.82, 2.24) is 5.32 Å². The highest BCUT2D eigenvalue weighted by Gasteiger charge is 2.20. The Morgan fingerprint density at radius 1 is 1.50 bits per heavy atom. The summed E-state index contributed by atoms with van der Waals surface area (Å²) in [7, 11) is 0. The number of anilines is 1. The van der Waals surface area contributed by atoms with Crippen LogP contribution in [0.4, 0.5) is 5.69 Å². The summed E-state index contributed by atoms with van der Waals surface area (Å²) in [6.45, 7) is 1.11. The van der Waals surface area contributed by atoms with Gasteiger partial charge in [0, 0.05) is 16.2 Å². The number of halogens is 1. The van der Waals surface area contributed by atoms with E-state index in [-0.39, 0.29) is 0 Å². The van der Waals surface area contributed by atoms with E-state index in [1.165, 1.54) is 12.0 Å². The average molecular weight is 227 g/mol. The molecule has 1 aromatic carbocycles. The summed E-state index contributed by atoms with van der Waals surface area (Å²) < 4.78 is 1.10. The quantitative estimate of drug-likeness (QED) is 0.720. The highest BCUT2D eigenvalue weighted by Crippen LogP contribution is 2.29. The fraction of sp³-hybridized carbons (Fsp3) is 0.333. The van der Waals surface area contributed by atoms with Gasteiger partial charge in [0.05, 0.1) is 0 Å². The second-order valence-corrected chi connectivity index (χ2v) is 3.98. The first-order chi connectivity index (χ1) is 5.77. The number of nitrogens with one attached hydrogen (secondary N) is 1. The third-order valence-electron chi connectivity index (χ3n) is 2.25. The molecule has 3 heteroatoms. The first kappa shape index (κ1) is 8.08. The van der Waals surface area contributed by atoms with E-state index in [1.807, 2.05) is 12.1 Å². The minimum Gasteiger partial charge on any atom is -0.398 e. The Morgan fingerprint density at radius 3 is 2.83 bits per heavy atom. The van der Waals surface area contributed by atoms with Crippen LogP contribution in [-0.2, 0) is 0 Å². The third-order valence-corrected chi connectivity index (χ3v) is 2.74. The van der Waals surface area contributed by atoms with E-state index >= 15 is 0 Å². The summed E-state index contributed by atoms with van der Waals surface area (Å²) in [6, 6.07) is 6.48. The molecule has 0 unspecified atom stereocenters. The van der Waals surface area contributed by atoms with Gasteiger partial charge < -0.3 is 11.1 Å². The molecule has 1 aromatic rings. The van der Waals surface area contributed by atoms with Crippen LogP contribution in [0.1, 0.15) is 18.0 Å². The van der Waals surface area contributed by atoms with Crippen LogP contribution in [0.3, 0.4) is 0 Å². The Balaban J connectivity index is 2.34. The molecule has 1 aliphatic heterocycles. The molecule has 12 heavy (non-hydrogen) atoms. The molecule has 1 atom stereocenters. The van der Waals surface area contributed by atoms with Crippen molar-refractivity contribution in [2.24, 2.45) is 0 Å². The number of hydrogen-bond donors (Lipinski definition) is 2. The van der Waals surface area contributed by atoms with Crippen LogP contribution < -0.4 is 11.1 Å². The van der Waals surface area contributed by atoms with E-state index in [0.717, 1.165) is 16.7 Å². The predicted molar refractivity (Wildman–Crippen MR) is 53.9 cm³/mol. The summed E-state index contributed by atoms with van der Waals surface area (Å²) in [5.41, 5.74) is 7.94. The molecule has 64 valence electrons. The zero-order chi connectivity index (χ0) is 8.55. The van der Waals surface area contributed by atoms with Gasteiger partial charge >= 0.3 is 0 Å². The Labute approximate surface area is 80.3 Å². The van der Waals surface area contributed by atoms with E-state index in [4.69, 9.17) is 5.73 Å². The van der Waals surface area contributed by atoms with Gasteiger partial charge in [-0.3, -0.25) is 0 Å². The lowest BCUT2D eigenvalue weighted by molar-refractivity contribution is 0.384. The van der Waals surface area contributed by atoms with Crippen LogP contribution in [0, 0.1) is 0 Å². The molecule has 0 amide bonds. The maximum atomic E-state index is 5.84. The second-order valence-electron chi connectivity index (χ2n) is 3.07. The lowest BCUT2D eigenvalue weighted by atomic mass is 9.97. The average Bonchev–Trinajstić information content (AvgIpc) is 1.93. The topological polar surface area (TPSA) is 38.0 Å². The van der Waals surface area contributed by atoms with Gasteiger partial charge in [-0.15, -0.1) is 0 Å². The summed E-state index contributed by atoms with van der Waals surface area (Å²) >= 11 is 3.43. The largest absolute Gasteiger partial charge is 0.398 e. The molecule has 1 fully saturated rings. The normalized spacial score (nSPS) is 21.9. The number of nitrogen functional groups attached to an aromatic ring is 1. The van der Waals surface area contributed by atoms with Crippen LogP contribution in [0.25, 0.3) is 0 Å². The zero-order valence-corrected chi connectivity index (χ0v) is 8.26. The van der Waals surface area contributed by atoms with Crippen molar-refractivity contribution in [2.45, 2.75) is 12.5 Å². The summed E-state index contributed by atoms with van der Waals surface area (Å²) in [5, 5.41) is 3.33. The van der Waals surface area contributed by atoms with Crippen LogP contribution in [0.5, 0.6) is 0 Å². The molecule has 1 aliphatic rings. The van der Waals surface area contributed by atoms with E-state index in [2.05, 4.69) is 27.3 Å². The van der Waals surface area contributed by atoms with Crippen molar-refractivity contribution in [1.29, 1.82) is 0 Å². The monoisotopic (exact) mass is 226 g/mol. The maximum Gasteiger partial charge on any atom is 0.0363 e. The van der Waals surface area contributed by atoms with Gasteiger partial charge in [0.25, 0.3) is 0 Å². The molecule has 0 aliphatic carbocycles.